The van der Waals surface area contributed by atoms with E-state index in [1.807, 2.05) is 6.07 Å². The van der Waals surface area contributed by atoms with Crippen LogP contribution in [0.3, 0.4) is 0 Å². The van der Waals surface area contributed by atoms with E-state index in [9.17, 15) is 4.79 Å². The van der Waals surface area contributed by atoms with Crippen LogP contribution >= 0.6 is 0 Å². The maximum atomic E-state index is 10.2. The summed E-state index contributed by atoms with van der Waals surface area (Å²) >= 11 is 0. The van der Waals surface area contributed by atoms with Crippen LogP contribution in [0.4, 0.5) is 10.5 Å². The van der Waals surface area contributed by atoms with E-state index in [2.05, 4.69) is 5.32 Å². The molecule has 1 aromatic carbocycles. The molecule has 0 saturated heterocycles. The number of hydrogen-bond donors (Lipinski definition) is 3. The molecule has 0 aliphatic heterocycles. The number of amides is 1. The molecule has 0 heterocycles. The SMILES string of the molecule is NCc1cccc(NC(=O)O)c1. The Morgan fingerprint density at radius 1 is 1.58 bits per heavy atom. The molecule has 1 amide bonds. The third-order valence-electron chi connectivity index (χ3n) is 1.41. The van der Waals surface area contributed by atoms with E-state index in [0.29, 0.717) is 12.2 Å². The van der Waals surface area contributed by atoms with E-state index in [-0.39, 0.29) is 0 Å². The molecule has 12 heavy (non-hydrogen) atoms. The third-order valence-corrected chi connectivity index (χ3v) is 1.41. The van der Waals surface area contributed by atoms with Gasteiger partial charge in [0.15, 0.2) is 0 Å². The molecule has 4 nitrogen and oxygen atoms in total. The zero-order valence-corrected chi connectivity index (χ0v) is 6.45. The molecule has 64 valence electrons. The number of nitrogens with two attached hydrogens (primary N) is 1. The topological polar surface area (TPSA) is 75.3 Å². The Labute approximate surface area is 70.0 Å². The van der Waals surface area contributed by atoms with Gasteiger partial charge in [0.05, 0.1) is 0 Å². The van der Waals surface area contributed by atoms with Crippen molar-refractivity contribution >= 4 is 11.8 Å². The fourth-order valence-electron chi connectivity index (χ4n) is 0.900. The first kappa shape index (κ1) is 8.55. The molecule has 1 rings (SSSR count). The number of nitrogens with one attached hydrogen (secondary N) is 1. The summed E-state index contributed by atoms with van der Waals surface area (Å²) < 4.78 is 0. The molecule has 0 unspecified atom stereocenters. The molecule has 0 spiro atoms. The summed E-state index contributed by atoms with van der Waals surface area (Å²) in [6.07, 6.45) is -1.07. The van der Waals surface area contributed by atoms with Crippen molar-refractivity contribution in [3.63, 3.8) is 0 Å². The molecular weight excluding hydrogens is 156 g/mol. The molecule has 0 atom stereocenters. The normalized spacial score (nSPS) is 9.42. The smallest absolute Gasteiger partial charge is 0.409 e. The summed E-state index contributed by atoms with van der Waals surface area (Å²) in [6.45, 7) is 0.412. The summed E-state index contributed by atoms with van der Waals surface area (Å²) in [5.41, 5.74) is 6.82. The lowest BCUT2D eigenvalue weighted by atomic mass is 10.2. The highest BCUT2D eigenvalue weighted by Crippen LogP contribution is 2.09. The number of hydrogen-bond acceptors (Lipinski definition) is 2. The Balaban J connectivity index is 2.79. The summed E-state index contributed by atoms with van der Waals surface area (Å²) in [7, 11) is 0. The first-order valence-corrected chi connectivity index (χ1v) is 3.51. The van der Waals surface area contributed by atoms with Gasteiger partial charge < -0.3 is 10.8 Å². The van der Waals surface area contributed by atoms with Gasteiger partial charge in [0, 0.05) is 12.2 Å². The zero-order chi connectivity index (χ0) is 8.97. The van der Waals surface area contributed by atoms with Crippen molar-refractivity contribution < 1.29 is 9.90 Å². The van der Waals surface area contributed by atoms with Crippen molar-refractivity contribution in [2.24, 2.45) is 5.73 Å². The largest absolute Gasteiger partial charge is 0.465 e. The van der Waals surface area contributed by atoms with Crippen LogP contribution in [0.25, 0.3) is 0 Å². The van der Waals surface area contributed by atoms with E-state index >= 15 is 0 Å². The first-order valence-electron chi connectivity index (χ1n) is 3.51. The van der Waals surface area contributed by atoms with Gasteiger partial charge in [0.1, 0.15) is 0 Å². The third kappa shape index (κ3) is 2.25. The van der Waals surface area contributed by atoms with E-state index in [1.165, 1.54) is 0 Å². The van der Waals surface area contributed by atoms with Crippen LogP contribution in [0.2, 0.25) is 0 Å². The number of benzene rings is 1. The standard InChI is InChI=1S/C8H10N2O2/c9-5-6-2-1-3-7(4-6)10-8(11)12/h1-4,10H,5,9H2,(H,11,12). The fraction of sp³-hybridized carbons (Fsp3) is 0.125. The van der Waals surface area contributed by atoms with E-state index in [0.717, 1.165) is 5.56 Å². The minimum atomic E-state index is -1.07. The highest BCUT2D eigenvalue weighted by Gasteiger charge is 1.97. The van der Waals surface area contributed by atoms with Crippen molar-refractivity contribution in [3.8, 4) is 0 Å². The molecule has 0 aromatic heterocycles. The molecule has 4 heteroatoms. The van der Waals surface area contributed by atoms with Gasteiger partial charge in [0.25, 0.3) is 0 Å². The van der Waals surface area contributed by atoms with E-state index < -0.39 is 6.09 Å². The molecule has 0 aliphatic rings. The zero-order valence-electron chi connectivity index (χ0n) is 6.45. The van der Waals surface area contributed by atoms with E-state index in [4.69, 9.17) is 10.8 Å². The predicted molar refractivity (Wildman–Crippen MR) is 46.0 cm³/mol. The maximum absolute atomic E-state index is 10.2. The maximum Gasteiger partial charge on any atom is 0.409 e. The molecule has 1 aromatic rings. The number of rotatable bonds is 2. The Kier molecular flexibility index (Phi) is 2.66. The minimum Gasteiger partial charge on any atom is -0.465 e. The molecule has 0 aliphatic carbocycles. The van der Waals surface area contributed by atoms with Crippen molar-refractivity contribution in [2.45, 2.75) is 6.54 Å². The summed E-state index contributed by atoms with van der Waals surface area (Å²) in [5, 5.41) is 10.6. The fourth-order valence-corrected chi connectivity index (χ4v) is 0.900. The van der Waals surface area contributed by atoms with Crippen LogP contribution in [-0.4, -0.2) is 11.2 Å². The quantitative estimate of drug-likeness (QED) is 0.618. The van der Waals surface area contributed by atoms with Crippen LogP contribution in [0, 0.1) is 0 Å². The van der Waals surface area contributed by atoms with Crippen molar-refractivity contribution in [1.29, 1.82) is 0 Å². The van der Waals surface area contributed by atoms with Gasteiger partial charge in [-0.3, -0.25) is 5.32 Å². The number of carbonyl (C=O) groups is 1. The lowest BCUT2D eigenvalue weighted by Crippen LogP contribution is -2.07. The van der Waals surface area contributed by atoms with Crippen LogP contribution in [0.15, 0.2) is 24.3 Å². The summed E-state index contributed by atoms with van der Waals surface area (Å²) in [5.74, 6) is 0. The highest BCUT2D eigenvalue weighted by atomic mass is 16.4. The van der Waals surface area contributed by atoms with Gasteiger partial charge in [-0.25, -0.2) is 4.79 Å². The minimum absolute atomic E-state index is 0.412. The van der Waals surface area contributed by atoms with Gasteiger partial charge >= 0.3 is 6.09 Å². The predicted octanol–water partition coefficient (Wildman–Crippen LogP) is 1.24. The second-order valence-corrected chi connectivity index (χ2v) is 2.33. The van der Waals surface area contributed by atoms with Crippen LogP contribution in [0.5, 0.6) is 0 Å². The lowest BCUT2D eigenvalue weighted by molar-refractivity contribution is 0.210. The van der Waals surface area contributed by atoms with Crippen molar-refractivity contribution in [2.75, 3.05) is 5.32 Å². The Morgan fingerprint density at radius 2 is 2.33 bits per heavy atom. The average Bonchev–Trinajstić information content (AvgIpc) is 2.03. The summed E-state index contributed by atoms with van der Waals surface area (Å²) in [6, 6.07) is 6.97. The van der Waals surface area contributed by atoms with Crippen molar-refractivity contribution in [3.05, 3.63) is 29.8 Å². The number of carboxylic acid groups (broad SMARTS) is 1. The Hall–Kier alpha value is -1.55. The van der Waals surface area contributed by atoms with Gasteiger partial charge in [-0.15, -0.1) is 0 Å². The molecular formula is C8H10N2O2. The summed E-state index contributed by atoms with van der Waals surface area (Å²) in [4.78, 5) is 10.2. The van der Waals surface area contributed by atoms with Gasteiger partial charge in [-0.05, 0) is 17.7 Å². The van der Waals surface area contributed by atoms with Crippen molar-refractivity contribution in [1.82, 2.24) is 0 Å². The Bertz CT molecular complexity index is 286. The monoisotopic (exact) mass is 166 g/mol. The highest BCUT2D eigenvalue weighted by molar-refractivity contribution is 5.82. The van der Waals surface area contributed by atoms with Crippen LogP contribution < -0.4 is 11.1 Å². The number of anilines is 1. The van der Waals surface area contributed by atoms with Gasteiger partial charge in [0.2, 0.25) is 0 Å². The van der Waals surface area contributed by atoms with Gasteiger partial charge in [-0.1, -0.05) is 12.1 Å². The molecule has 0 radical (unpaired) electrons. The van der Waals surface area contributed by atoms with Crippen LogP contribution in [0.1, 0.15) is 5.56 Å². The molecule has 0 fully saturated rings. The second kappa shape index (κ2) is 3.73. The van der Waals surface area contributed by atoms with Crippen LogP contribution in [-0.2, 0) is 6.54 Å². The molecule has 0 saturated carbocycles. The lowest BCUT2D eigenvalue weighted by Gasteiger charge is -2.01. The Morgan fingerprint density at radius 3 is 2.92 bits per heavy atom. The van der Waals surface area contributed by atoms with E-state index in [1.54, 1.807) is 18.2 Å². The average molecular weight is 166 g/mol. The first-order chi connectivity index (χ1) is 5.72. The van der Waals surface area contributed by atoms with Gasteiger partial charge in [-0.2, -0.15) is 0 Å². The molecule has 0 bridgehead atoms. The molecule has 4 N–H and O–H groups in total. The second-order valence-electron chi connectivity index (χ2n) is 2.33.